The Labute approximate surface area is 103 Å². The van der Waals surface area contributed by atoms with E-state index in [9.17, 15) is 0 Å². The van der Waals surface area contributed by atoms with E-state index in [1.165, 1.54) is 0 Å². The summed E-state index contributed by atoms with van der Waals surface area (Å²) >= 11 is 3.40. The minimum Gasteiger partial charge on any atom is -0.508 e. The highest BCUT2D eigenvalue weighted by Gasteiger charge is 1.89. The van der Waals surface area contributed by atoms with Gasteiger partial charge in [-0.05, 0) is 35.4 Å². The van der Waals surface area contributed by atoms with Crippen molar-refractivity contribution in [1.29, 1.82) is 0 Å². The normalized spacial score (nSPS) is 10.8. The van der Waals surface area contributed by atoms with E-state index in [2.05, 4.69) is 15.9 Å². The van der Waals surface area contributed by atoms with Crippen LogP contribution in [0.5, 0.6) is 5.75 Å². The third kappa shape index (κ3) is 2.97. The predicted octanol–water partition coefficient (Wildman–Crippen LogP) is 4.33. The number of halogens is 1. The van der Waals surface area contributed by atoms with Gasteiger partial charge in [0.25, 0.3) is 0 Å². The second-order valence-electron chi connectivity index (χ2n) is 3.48. The summed E-state index contributed by atoms with van der Waals surface area (Å²) in [5.41, 5.74) is 2.22. The van der Waals surface area contributed by atoms with Crippen LogP contribution in [-0.4, -0.2) is 5.11 Å². The lowest BCUT2D eigenvalue weighted by Gasteiger charge is -1.95. The fourth-order valence-electron chi connectivity index (χ4n) is 1.35. The van der Waals surface area contributed by atoms with E-state index < -0.39 is 0 Å². The van der Waals surface area contributed by atoms with Crippen LogP contribution in [0.15, 0.2) is 53.0 Å². The quantitative estimate of drug-likeness (QED) is 0.809. The molecule has 0 aromatic heterocycles. The van der Waals surface area contributed by atoms with E-state index in [0.717, 1.165) is 15.6 Å². The molecular weight excluding hydrogens is 264 g/mol. The summed E-state index contributed by atoms with van der Waals surface area (Å²) < 4.78 is 1.08. The number of benzene rings is 2. The molecule has 1 nitrogen and oxygen atoms in total. The Morgan fingerprint density at radius 1 is 0.750 bits per heavy atom. The first-order valence-electron chi connectivity index (χ1n) is 4.97. The van der Waals surface area contributed by atoms with Gasteiger partial charge in [0.2, 0.25) is 0 Å². The molecule has 0 fully saturated rings. The van der Waals surface area contributed by atoms with Gasteiger partial charge in [-0.25, -0.2) is 0 Å². The lowest BCUT2D eigenvalue weighted by atomic mass is 10.1. The van der Waals surface area contributed by atoms with Gasteiger partial charge in [-0.1, -0.05) is 52.3 Å². The van der Waals surface area contributed by atoms with Crippen molar-refractivity contribution in [1.82, 2.24) is 0 Å². The highest BCUT2D eigenvalue weighted by Crippen LogP contribution is 2.15. The molecule has 0 bridgehead atoms. The van der Waals surface area contributed by atoms with Crippen molar-refractivity contribution in [3.63, 3.8) is 0 Å². The molecule has 2 rings (SSSR count). The maximum Gasteiger partial charge on any atom is 0.115 e. The molecule has 2 aromatic carbocycles. The number of phenols is 1. The summed E-state index contributed by atoms with van der Waals surface area (Å²) in [5, 5.41) is 9.14. The number of aromatic hydroxyl groups is 1. The van der Waals surface area contributed by atoms with Crippen LogP contribution >= 0.6 is 15.9 Å². The second-order valence-corrected chi connectivity index (χ2v) is 4.39. The standard InChI is InChI=1S/C14H11BrO/c15-13-7-3-11(4-8-13)1-2-12-5-9-14(16)10-6-12/h1-10,16H/b2-1+. The molecule has 0 spiro atoms. The summed E-state index contributed by atoms with van der Waals surface area (Å²) in [4.78, 5) is 0. The van der Waals surface area contributed by atoms with E-state index in [4.69, 9.17) is 5.11 Å². The Bertz CT molecular complexity index is 436. The van der Waals surface area contributed by atoms with E-state index >= 15 is 0 Å². The average Bonchev–Trinajstić information content (AvgIpc) is 2.30. The van der Waals surface area contributed by atoms with E-state index in [-0.39, 0.29) is 0 Å². The molecule has 0 amide bonds. The molecule has 0 aliphatic carbocycles. The largest absolute Gasteiger partial charge is 0.508 e. The number of hydrogen-bond donors (Lipinski definition) is 1. The van der Waals surface area contributed by atoms with E-state index in [1.807, 2.05) is 48.6 Å². The van der Waals surface area contributed by atoms with E-state index in [1.54, 1.807) is 12.1 Å². The summed E-state index contributed by atoms with van der Waals surface area (Å²) in [6.45, 7) is 0. The van der Waals surface area contributed by atoms with Gasteiger partial charge >= 0.3 is 0 Å². The molecule has 80 valence electrons. The minimum atomic E-state index is 0.292. The van der Waals surface area contributed by atoms with Gasteiger partial charge < -0.3 is 5.11 Å². The molecule has 0 aliphatic rings. The Morgan fingerprint density at radius 2 is 1.19 bits per heavy atom. The van der Waals surface area contributed by atoms with Crippen LogP contribution < -0.4 is 0 Å². The monoisotopic (exact) mass is 274 g/mol. The Hall–Kier alpha value is -1.54. The zero-order chi connectivity index (χ0) is 11.4. The third-order valence-electron chi connectivity index (χ3n) is 2.23. The first-order chi connectivity index (χ1) is 7.74. The second kappa shape index (κ2) is 4.99. The zero-order valence-corrected chi connectivity index (χ0v) is 10.2. The molecule has 0 heterocycles. The van der Waals surface area contributed by atoms with Gasteiger partial charge in [-0.15, -0.1) is 0 Å². The van der Waals surface area contributed by atoms with Gasteiger partial charge in [-0.2, -0.15) is 0 Å². The molecule has 0 saturated heterocycles. The molecule has 2 heteroatoms. The van der Waals surface area contributed by atoms with Crippen LogP contribution in [0.2, 0.25) is 0 Å². The number of hydrogen-bond acceptors (Lipinski definition) is 1. The molecule has 0 radical (unpaired) electrons. The Morgan fingerprint density at radius 3 is 1.69 bits per heavy atom. The summed E-state index contributed by atoms with van der Waals surface area (Å²) in [6.07, 6.45) is 4.06. The summed E-state index contributed by atoms with van der Waals surface area (Å²) in [7, 11) is 0. The van der Waals surface area contributed by atoms with Crippen LogP contribution in [0.4, 0.5) is 0 Å². The van der Waals surface area contributed by atoms with Crippen LogP contribution in [0.1, 0.15) is 11.1 Å². The Kier molecular flexibility index (Phi) is 3.42. The van der Waals surface area contributed by atoms with Gasteiger partial charge in [0.15, 0.2) is 0 Å². The minimum absolute atomic E-state index is 0.292. The summed E-state index contributed by atoms with van der Waals surface area (Å²) in [6, 6.07) is 15.2. The van der Waals surface area contributed by atoms with Gasteiger partial charge in [0.1, 0.15) is 5.75 Å². The van der Waals surface area contributed by atoms with Gasteiger partial charge in [0.05, 0.1) is 0 Å². The third-order valence-corrected chi connectivity index (χ3v) is 2.76. The smallest absolute Gasteiger partial charge is 0.115 e. The van der Waals surface area contributed by atoms with Crippen LogP contribution in [0, 0.1) is 0 Å². The van der Waals surface area contributed by atoms with Crippen molar-refractivity contribution < 1.29 is 5.11 Å². The van der Waals surface area contributed by atoms with Crippen LogP contribution in [0.25, 0.3) is 12.2 Å². The van der Waals surface area contributed by atoms with Crippen molar-refractivity contribution in [2.24, 2.45) is 0 Å². The van der Waals surface area contributed by atoms with Crippen LogP contribution in [-0.2, 0) is 0 Å². The zero-order valence-electron chi connectivity index (χ0n) is 8.60. The lowest BCUT2D eigenvalue weighted by molar-refractivity contribution is 0.475. The number of rotatable bonds is 2. The average molecular weight is 275 g/mol. The molecule has 0 atom stereocenters. The van der Waals surface area contributed by atoms with E-state index in [0.29, 0.717) is 5.75 Å². The SMILES string of the molecule is Oc1ccc(/C=C/c2ccc(Br)cc2)cc1. The maximum absolute atomic E-state index is 9.14. The first-order valence-corrected chi connectivity index (χ1v) is 5.76. The van der Waals surface area contributed by atoms with Gasteiger partial charge in [0, 0.05) is 4.47 Å². The molecule has 0 saturated carbocycles. The fraction of sp³-hybridized carbons (Fsp3) is 0. The highest BCUT2D eigenvalue weighted by atomic mass is 79.9. The van der Waals surface area contributed by atoms with Crippen molar-refractivity contribution in [3.05, 3.63) is 64.1 Å². The highest BCUT2D eigenvalue weighted by molar-refractivity contribution is 9.10. The Balaban J connectivity index is 2.15. The first kappa shape index (κ1) is 11.0. The molecule has 1 N–H and O–H groups in total. The maximum atomic E-state index is 9.14. The van der Waals surface area contributed by atoms with Gasteiger partial charge in [-0.3, -0.25) is 0 Å². The van der Waals surface area contributed by atoms with Crippen molar-refractivity contribution >= 4 is 28.1 Å². The van der Waals surface area contributed by atoms with Crippen molar-refractivity contribution in [2.45, 2.75) is 0 Å². The predicted molar refractivity (Wildman–Crippen MR) is 71.2 cm³/mol. The molecule has 2 aromatic rings. The number of phenolic OH excluding ortho intramolecular Hbond substituents is 1. The van der Waals surface area contributed by atoms with Crippen molar-refractivity contribution in [3.8, 4) is 5.75 Å². The summed E-state index contributed by atoms with van der Waals surface area (Å²) in [5.74, 6) is 0.292. The topological polar surface area (TPSA) is 20.2 Å². The molecule has 0 unspecified atom stereocenters. The lowest BCUT2D eigenvalue weighted by Crippen LogP contribution is -1.72. The van der Waals surface area contributed by atoms with Crippen LogP contribution in [0.3, 0.4) is 0 Å². The fourth-order valence-corrected chi connectivity index (χ4v) is 1.62. The molecule has 0 aliphatic heterocycles. The van der Waals surface area contributed by atoms with Crippen molar-refractivity contribution in [2.75, 3.05) is 0 Å². The molecular formula is C14H11BrO. The molecule has 16 heavy (non-hydrogen) atoms.